The van der Waals surface area contributed by atoms with Crippen LogP contribution < -0.4 is 11.3 Å². The van der Waals surface area contributed by atoms with E-state index in [4.69, 9.17) is 10.5 Å². The zero-order valence-corrected chi connectivity index (χ0v) is 19.7. The van der Waals surface area contributed by atoms with Crippen LogP contribution in [0.5, 0.6) is 0 Å². The molecule has 0 aliphatic rings. The van der Waals surface area contributed by atoms with Gasteiger partial charge in [-0.05, 0) is 57.9 Å². The zero-order valence-electron chi connectivity index (χ0n) is 18.0. The molecule has 4 aromatic heterocycles. The molecule has 0 aromatic carbocycles. The molecule has 0 amide bonds. The predicted octanol–water partition coefficient (Wildman–Crippen LogP) is 4.79. The standard InChI is InChI=1S/C13H11N3OS.C9H13NO2S/c1-7-8(2)18-13-10(7)12(17)15-11(16-13)9-3-5-14-6-4-9;1-4-12-9(11)7-5(2)6(3)13-8(7)10/h3-6H,1-2H3,(H,15,16,17);4,10H2,1-3H3. The fraction of sp³-hybridized carbons (Fsp3) is 0.273. The lowest BCUT2D eigenvalue weighted by atomic mass is 10.2. The molecule has 0 aliphatic heterocycles. The molecule has 4 aromatic rings. The summed E-state index contributed by atoms with van der Waals surface area (Å²) in [5.74, 6) is 0.276. The van der Waals surface area contributed by atoms with Crippen LogP contribution in [0.25, 0.3) is 21.6 Å². The average Bonchev–Trinajstić information content (AvgIpc) is 3.17. The number of nitrogens with one attached hydrogen (secondary N) is 1. The van der Waals surface area contributed by atoms with Crippen LogP contribution >= 0.6 is 22.7 Å². The van der Waals surface area contributed by atoms with Crippen molar-refractivity contribution in [1.82, 2.24) is 15.0 Å². The third kappa shape index (κ3) is 4.67. The highest BCUT2D eigenvalue weighted by Crippen LogP contribution is 2.30. The van der Waals surface area contributed by atoms with Gasteiger partial charge in [0.2, 0.25) is 0 Å². The molecule has 3 N–H and O–H groups in total. The monoisotopic (exact) mass is 456 g/mol. The Morgan fingerprint density at radius 2 is 1.74 bits per heavy atom. The number of carbonyl (C=O) groups excluding carboxylic acids is 1. The number of carbonyl (C=O) groups is 1. The fourth-order valence-electron chi connectivity index (χ4n) is 3.01. The van der Waals surface area contributed by atoms with E-state index in [1.54, 1.807) is 30.7 Å². The van der Waals surface area contributed by atoms with Gasteiger partial charge in [-0.2, -0.15) is 0 Å². The quantitative estimate of drug-likeness (QED) is 0.429. The Labute approximate surface area is 188 Å². The number of rotatable bonds is 3. The van der Waals surface area contributed by atoms with Crippen molar-refractivity contribution in [3.63, 3.8) is 0 Å². The second-order valence-electron chi connectivity index (χ2n) is 6.86. The Balaban J connectivity index is 0.000000187. The van der Waals surface area contributed by atoms with Crippen molar-refractivity contribution in [3.8, 4) is 11.4 Å². The number of aryl methyl sites for hydroxylation is 3. The van der Waals surface area contributed by atoms with Crippen LogP contribution in [0.3, 0.4) is 0 Å². The van der Waals surface area contributed by atoms with E-state index in [1.807, 2.05) is 39.8 Å². The number of fused-ring (bicyclic) bond motifs is 1. The van der Waals surface area contributed by atoms with Gasteiger partial charge in [0.15, 0.2) is 0 Å². The van der Waals surface area contributed by atoms with Crippen LogP contribution in [0.2, 0.25) is 0 Å². The molecular weight excluding hydrogens is 432 g/mol. The maximum absolute atomic E-state index is 12.1. The molecule has 0 aliphatic carbocycles. The lowest BCUT2D eigenvalue weighted by Gasteiger charge is -2.01. The lowest BCUT2D eigenvalue weighted by molar-refractivity contribution is 0.0527. The van der Waals surface area contributed by atoms with E-state index in [0.717, 1.165) is 31.3 Å². The van der Waals surface area contributed by atoms with Gasteiger partial charge in [0, 0.05) is 27.7 Å². The predicted molar refractivity (Wildman–Crippen MR) is 127 cm³/mol. The number of nitrogens with zero attached hydrogens (tertiary/aromatic N) is 2. The van der Waals surface area contributed by atoms with Crippen molar-refractivity contribution in [2.75, 3.05) is 12.3 Å². The highest BCUT2D eigenvalue weighted by Gasteiger charge is 2.18. The van der Waals surface area contributed by atoms with E-state index in [2.05, 4.69) is 15.0 Å². The van der Waals surface area contributed by atoms with Gasteiger partial charge >= 0.3 is 5.97 Å². The second kappa shape index (κ2) is 9.40. The number of ether oxygens (including phenoxy) is 1. The van der Waals surface area contributed by atoms with Gasteiger partial charge in [0.1, 0.15) is 15.7 Å². The topological polar surface area (TPSA) is 111 Å². The number of anilines is 1. The lowest BCUT2D eigenvalue weighted by Crippen LogP contribution is -2.09. The molecular formula is C22H24N4O3S2. The summed E-state index contributed by atoms with van der Waals surface area (Å²) in [6.45, 7) is 9.95. The normalized spacial score (nSPS) is 10.6. The minimum atomic E-state index is -0.318. The Kier molecular flexibility index (Phi) is 6.87. The average molecular weight is 457 g/mol. The van der Waals surface area contributed by atoms with Gasteiger partial charge in [-0.15, -0.1) is 22.7 Å². The van der Waals surface area contributed by atoms with Crippen molar-refractivity contribution >= 4 is 43.9 Å². The summed E-state index contributed by atoms with van der Waals surface area (Å²) < 4.78 is 4.89. The van der Waals surface area contributed by atoms with Crippen molar-refractivity contribution < 1.29 is 9.53 Å². The minimum Gasteiger partial charge on any atom is -0.462 e. The van der Waals surface area contributed by atoms with Gasteiger partial charge in [-0.1, -0.05) is 0 Å². The molecule has 4 rings (SSSR count). The number of aromatic nitrogens is 3. The second-order valence-corrected chi connectivity index (χ2v) is 9.32. The molecule has 0 unspecified atom stereocenters. The van der Waals surface area contributed by atoms with Crippen LogP contribution in [-0.2, 0) is 4.74 Å². The van der Waals surface area contributed by atoms with Crippen molar-refractivity contribution in [2.45, 2.75) is 34.6 Å². The highest BCUT2D eigenvalue weighted by molar-refractivity contribution is 7.18. The van der Waals surface area contributed by atoms with Crippen LogP contribution in [0.4, 0.5) is 5.00 Å². The van der Waals surface area contributed by atoms with E-state index in [1.165, 1.54) is 11.3 Å². The summed E-state index contributed by atoms with van der Waals surface area (Å²) in [7, 11) is 0. The third-order valence-corrected chi connectivity index (χ3v) is 7.02. The number of thiophene rings is 2. The van der Waals surface area contributed by atoms with Crippen LogP contribution in [0.15, 0.2) is 29.3 Å². The Hall–Kier alpha value is -3.04. The molecule has 0 bridgehead atoms. The van der Waals surface area contributed by atoms with Gasteiger partial charge in [-0.3, -0.25) is 9.78 Å². The van der Waals surface area contributed by atoms with Crippen molar-refractivity contribution in [2.24, 2.45) is 0 Å². The minimum absolute atomic E-state index is 0.0753. The summed E-state index contributed by atoms with van der Waals surface area (Å²) in [4.78, 5) is 37.8. The number of pyridine rings is 1. The van der Waals surface area contributed by atoms with Gasteiger partial charge in [0.05, 0.1) is 17.6 Å². The first-order valence-corrected chi connectivity index (χ1v) is 11.3. The molecule has 0 saturated carbocycles. The summed E-state index contributed by atoms with van der Waals surface area (Å²) in [5, 5.41) is 1.25. The number of hydrogen-bond acceptors (Lipinski definition) is 8. The number of H-pyrrole nitrogens is 1. The van der Waals surface area contributed by atoms with Gasteiger partial charge in [0.25, 0.3) is 5.56 Å². The highest BCUT2D eigenvalue weighted by atomic mass is 32.1. The molecule has 9 heteroatoms. The van der Waals surface area contributed by atoms with E-state index < -0.39 is 0 Å². The molecule has 7 nitrogen and oxygen atoms in total. The summed E-state index contributed by atoms with van der Waals surface area (Å²) >= 11 is 2.98. The van der Waals surface area contributed by atoms with Gasteiger partial charge in [-0.25, -0.2) is 9.78 Å². The number of aromatic amines is 1. The summed E-state index contributed by atoms with van der Waals surface area (Å²) in [6, 6.07) is 3.66. The molecule has 4 heterocycles. The maximum atomic E-state index is 12.1. The van der Waals surface area contributed by atoms with E-state index in [9.17, 15) is 9.59 Å². The Morgan fingerprint density at radius 1 is 1.10 bits per heavy atom. The molecule has 0 spiro atoms. The molecule has 162 valence electrons. The Morgan fingerprint density at radius 3 is 2.32 bits per heavy atom. The van der Waals surface area contributed by atoms with Crippen LogP contribution in [0.1, 0.15) is 38.2 Å². The first kappa shape index (κ1) is 22.6. The maximum Gasteiger partial charge on any atom is 0.341 e. The summed E-state index contributed by atoms with van der Waals surface area (Å²) in [5.41, 5.74) is 8.97. The van der Waals surface area contributed by atoms with E-state index in [0.29, 0.717) is 28.4 Å². The van der Waals surface area contributed by atoms with Crippen molar-refractivity contribution in [1.29, 1.82) is 0 Å². The van der Waals surface area contributed by atoms with Crippen LogP contribution in [0, 0.1) is 27.7 Å². The zero-order chi connectivity index (χ0) is 22.7. The first-order chi connectivity index (χ1) is 14.7. The fourth-order valence-corrected chi connectivity index (χ4v) is 4.96. The number of esters is 1. The molecule has 0 fully saturated rings. The van der Waals surface area contributed by atoms with Crippen LogP contribution in [-0.4, -0.2) is 27.5 Å². The van der Waals surface area contributed by atoms with E-state index >= 15 is 0 Å². The molecule has 0 saturated heterocycles. The summed E-state index contributed by atoms with van der Waals surface area (Å²) in [6.07, 6.45) is 3.37. The smallest absolute Gasteiger partial charge is 0.341 e. The number of nitrogens with two attached hydrogens (primary N) is 1. The SMILES string of the molecule is CCOC(=O)c1c(N)sc(C)c1C.Cc1sc2nc(-c3ccncc3)[nH]c(=O)c2c1C. The molecule has 31 heavy (non-hydrogen) atoms. The molecule has 0 atom stereocenters. The number of nitrogen functional groups attached to an aromatic ring is 1. The largest absolute Gasteiger partial charge is 0.462 e. The number of hydrogen-bond donors (Lipinski definition) is 2. The Bertz CT molecular complexity index is 1290. The van der Waals surface area contributed by atoms with E-state index in [-0.39, 0.29) is 11.5 Å². The first-order valence-electron chi connectivity index (χ1n) is 9.67. The van der Waals surface area contributed by atoms with Gasteiger partial charge < -0.3 is 15.5 Å². The third-order valence-electron chi connectivity index (χ3n) is 4.88. The van der Waals surface area contributed by atoms with Crippen molar-refractivity contribution in [3.05, 3.63) is 61.3 Å². The molecule has 0 radical (unpaired) electrons.